The molecule has 0 saturated heterocycles. The van der Waals surface area contributed by atoms with Crippen LogP contribution in [0, 0.1) is 0 Å². The molecule has 0 fully saturated rings. The fraction of sp³-hybridized carbons (Fsp3) is 0.308. The van der Waals surface area contributed by atoms with Crippen LogP contribution < -0.4 is 16.0 Å². The van der Waals surface area contributed by atoms with Gasteiger partial charge in [-0.3, -0.25) is 4.98 Å². The van der Waals surface area contributed by atoms with Gasteiger partial charge in [0.15, 0.2) is 11.6 Å². The maximum Gasteiger partial charge on any atom is 0.159 e. The number of nitrogens with one attached hydrogen (secondary N) is 1. The molecule has 0 radical (unpaired) electrons. The van der Waals surface area contributed by atoms with Gasteiger partial charge in [0, 0.05) is 19.3 Å². The van der Waals surface area contributed by atoms with Gasteiger partial charge in [0.1, 0.15) is 12.0 Å². The first kappa shape index (κ1) is 13.1. The zero-order valence-electron chi connectivity index (χ0n) is 11.2. The van der Waals surface area contributed by atoms with E-state index in [1.165, 1.54) is 6.33 Å². The molecular weight excluding hydrogens is 240 g/mol. The Bertz CT molecular complexity index is 524. The van der Waals surface area contributed by atoms with E-state index in [0.717, 1.165) is 24.6 Å². The van der Waals surface area contributed by atoms with Gasteiger partial charge in [-0.25, -0.2) is 9.97 Å². The molecule has 6 nitrogen and oxygen atoms in total. The fourth-order valence-corrected chi connectivity index (χ4v) is 1.83. The van der Waals surface area contributed by atoms with Gasteiger partial charge in [0.05, 0.1) is 11.9 Å². The molecule has 6 heteroatoms. The quantitative estimate of drug-likeness (QED) is 0.854. The van der Waals surface area contributed by atoms with Gasteiger partial charge >= 0.3 is 0 Å². The van der Waals surface area contributed by atoms with E-state index in [1.807, 2.05) is 12.1 Å². The van der Waals surface area contributed by atoms with Gasteiger partial charge in [-0.15, -0.1) is 0 Å². The predicted octanol–water partition coefficient (Wildman–Crippen LogP) is 2.04. The van der Waals surface area contributed by atoms with Gasteiger partial charge in [0.2, 0.25) is 0 Å². The first-order chi connectivity index (χ1) is 9.26. The van der Waals surface area contributed by atoms with Crippen molar-refractivity contribution in [1.29, 1.82) is 0 Å². The van der Waals surface area contributed by atoms with Crippen molar-refractivity contribution in [2.75, 3.05) is 29.0 Å². The summed E-state index contributed by atoms with van der Waals surface area (Å²) in [6, 6.07) is 3.76. The van der Waals surface area contributed by atoms with Crippen molar-refractivity contribution in [1.82, 2.24) is 15.0 Å². The second-order valence-corrected chi connectivity index (χ2v) is 4.00. The molecule has 0 unspecified atom stereocenters. The molecule has 2 heterocycles. The van der Waals surface area contributed by atoms with Gasteiger partial charge < -0.3 is 16.0 Å². The molecule has 0 spiro atoms. The van der Waals surface area contributed by atoms with E-state index in [4.69, 9.17) is 5.73 Å². The smallest absolute Gasteiger partial charge is 0.159 e. The molecule has 0 bridgehead atoms. The Morgan fingerprint density at radius 3 is 2.68 bits per heavy atom. The Labute approximate surface area is 112 Å². The first-order valence-electron chi connectivity index (χ1n) is 6.28. The zero-order chi connectivity index (χ0) is 13.7. The average molecular weight is 258 g/mol. The standard InChI is InChI=1S/C13H18N6/c1-3-19(4-2)13-11(14)12(16-9-17-13)18-10-6-5-7-15-8-10/h5-9H,3-4,14H2,1-2H3,(H,16,17,18). The van der Waals surface area contributed by atoms with Crippen LogP contribution in [0.1, 0.15) is 13.8 Å². The highest BCUT2D eigenvalue weighted by Crippen LogP contribution is 2.27. The molecule has 0 aliphatic heterocycles. The van der Waals surface area contributed by atoms with Crippen LogP contribution in [0.5, 0.6) is 0 Å². The summed E-state index contributed by atoms with van der Waals surface area (Å²) in [5, 5.41) is 3.15. The number of hydrogen-bond donors (Lipinski definition) is 2. The van der Waals surface area contributed by atoms with Crippen LogP contribution in [0.15, 0.2) is 30.9 Å². The normalized spacial score (nSPS) is 10.2. The Morgan fingerprint density at radius 1 is 1.26 bits per heavy atom. The molecule has 0 aromatic carbocycles. The number of nitrogen functional groups attached to an aromatic ring is 1. The number of anilines is 4. The zero-order valence-corrected chi connectivity index (χ0v) is 11.2. The maximum absolute atomic E-state index is 6.13. The van der Waals surface area contributed by atoms with E-state index in [9.17, 15) is 0 Å². The molecule has 0 atom stereocenters. The third-order valence-electron chi connectivity index (χ3n) is 2.85. The van der Waals surface area contributed by atoms with Crippen molar-refractivity contribution in [2.24, 2.45) is 0 Å². The van der Waals surface area contributed by atoms with Gasteiger partial charge in [-0.05, 0) is 26.0 Å². The third-order valence-corrected chi connectivity index (χ3v) is 2.85. The van der Waals surface area contributed by atoms with Crippen molar-refractivity contribution in [3.05, 3.63) is 30.9 Å². The van der Waals surface area contributed by atoms with E-state index >= 15 is 0 Å². The van der Waals surface area contributed by atoms with E-state index in [-0.39, 0.29) is 0 Å². The van der Waals surface area contributed by atoms with E-state index < -0.39 is 0 Å². The second-order valence-electron chi connectivity index (χ2n) is 4.00. The van der Waals surface area contributed by atoms with E-state index in [1.54, 1.807) is 12.4 Å². The summed E-state index contributed by atoms with van der Waals surface area (Å²) in [6.45, 7) is 5.84. The lowest BCUT2D eigenvalue weighted by Crippen LogP contribution is -2.24. The first-order valence-corrected chi connectivity index (χ1v) is 6.28. The molecule has 0 aliphatic rings. The number of aromatic nitrogens is 3. The van der Waals surface area contributed by atoms with Crippen LogP contribution in [-0.4, -0.2) is 28.0 Å². The second kappa shape index (κ2) is 5.99. The lowest BCUT2D eigenvalue weighted by atomic mass is 10.3. The summed E-state index contributed by atoms with van der Waals surface area (Å²) in [7, 11) is 0. The molecule has 2 aromatic rings. The lowest BCUT2D eigenvalue weighted by molar-refractivity contribution is 0.844. The number of hydrogen-bond acceptors (Lipinski definition) is 6. The lowest BCUT2D eigenvalue weighted by Gasteiger charge is -2.22. The molecular formula is C13H18N6. The minimum Gasteiger partial charge on any atom is -0.393 e. The molecule has 0 saturated carbocycles. The Balaban J connectivity index is 2.30. The van der Waals surface area contributed by atoms with Crippen LogP contribution in [0.3, 0.4) is 0 Å². The van der Waals surface area contributed by atoms with Gasteiger partial charge in [-0.2, -0.15) is 0 Å². The highest BCUT2D eigenvalue weighted by Gasteiger charge is 2.12. The Kier molecular flexibility index (Phi) is 4.12. The van der Waals surface area contributed by atoms with Crippen molar-refractivity contribution in [3.8, 4) is 0 Å². The van der Waals surface area contributed by atoms with E-state index in [2.05, 4.69) is 39.0 Å². The van der Waals surface area contributed by atoms with Crippen molar-refractivity contribution >= 4 is 23.0 Å². The summed E-state index contributed by atoms with van der Waals surface area (Å²) in [4.78, 5) is 14.6. The van der Waals surface area contributed by atoms with Crippen LogP contribution in [0.4, 0.5) is 23.0 Å². The number of nitrogens with two attached hydrogens (primary N) is 1. The number of rotatable bonds is 5. The summed E-state index contributed by atoms with van der Waals surface area (Å²) >= 11 is 0. The van der Waals surface area contributed by atoms with Crippen LogP contribution in [0.2, 0.25) is 0 Å². The molecule has 0 amide bonds. The van der Waals surface area contributed by atoms with E-state index in [0.29, 0.717) is 11.5 Å². The largest absolute Gasteiger partial charge is 0.393 e. The fourth-order valence-electron chi connectivity index (χ4n) is 1.83. The highest BCUT2D eigenvalue weighted by molar-refractivity contribution is 5.77. The minimum absolute atomic E-state index is 0.551. The number of pyridine rings is 1. The van der Waals surface area contributed by atoms with Crippen LogP contribution in [-0.2, 0) is 0 Å². The van der Waals surface area contributed by atoms with Gasteiger partial charge in [-0.1, -0.05) is 0 Å². The summed E-state index contributed by atoms with van der Waals surface area (Å²) in [6.07, 6.45) is 4.96. The Morgan fingerprint density at radius 2 is 2.05 bits per heavy atom. The van der Waals surface area contributed by atoms with Crippen molar-refractivity contribution in [2.45, 2.75) is 13.8 Å². The minimum atomic E-state index is 0.551. The molecule has 19 heavy (non-hydrogen) atoms. The number of nitrogens with zero attached hydrogens (tertiary/aromatic N) is 4. The highest BCUT2D eigenvalue weighted by atomic mass is 15.2. The summed E-state index contributed by atoms with van der Waals surface area (Å²) in [5.41, 5.74) is 7.53. The Hall–Kier alpha value is -2.37. The SMILES string of the molecule is CCN(CC)c1ncnc(Nc2cccnc2)c1N. The predicted molar refractivity (Wildman–Crippen MR) is 77.5 cm³/mol. The van der Waals surface area contributed by atoms with Gasteiger partial charge in [0.25, 0.3) is 0 Å². The molecule has 100 valence electrons. The summed E-state index contributed by atoms with van der Waals surface area (Å²) in [5.74, 6) is 1.36. The molecule has 2 rings (SSSR count). The molecule has 3 N–H and O–H groups in total. The molecule has 0 aliphatic carbocycles. The monoisotopic (exact) mass is 258 g/mol. The third kappa shape index (κ3) is 2.90. The van der Waals surface area contributed by atoms with Crippen LogP contribution >= 0.6 is 0 Å². The topological polar surface area (TPSA) is 80.0 Å². The maximum atomic E-state index is 6.13. The van der Waals surface area contributed by atoms with Crippen LogP contribution in [0.25, 0.3) is 0 Å². The average Bonchev–Trinajstić information content (AvgIpc) is 2.45. The molecule has 2 aromatic heterocycles. The summed E-state index contributed by atoms with van der Waals surface area (Å²) < 4.78 is 0. The van der Waals surface area contributed by atoms with Crippen molar-refractivity contribution in [3.63, 3.8) is 0 Å². The van der Waals surface area contributed by atoms with Crippen molar-refractivity contribution < 1.29 is 0 Å².